The fourth-order valence-corrected chi connectivity index (χ4v) is 9.58. The molecule has 0 radical (unpaired) electrons. The molecule has 0 aromatic heterocycles. The minimum Gasteiger partial charge on any atom is -0.0625 e. The number of rotatable bonds is 2. The predicted molar refractivity (Wildman–Crippen MR) is 116 cm³/mol. The highest BCUT2D eigenvalue weighted by atomic mass is 14.6. The Morgan fingerprint density at radius 1 is 0.407 bits per heavy atom. The van der Waals surface area contributed by atoms with Crippen LogP contribution >= 0.6 is 0 Å². The van der Waals surface area contributed by atoms with Crippen LogP contribution in [0.5, 0.6) is 0 Å². The van der Waals surface area contributed by atoms with Gasteiger partial charge in [0.25, 0.3) is 0 Å². The molecule has 5 aliphatic rings. The maximum atomic E-state index is 2.59. The Balaban J connectivity index is 1.47. The zero-order valence-electron chi connectivity index (χ0n) is 18.2. The first-order valence-corrected chi connectivity index (χ1v) is 13.3. The molecular formula is C27H46. The maximum Gasteiger partial charge on any atom is -0.0323 e. The van der Waals surface area contributed by atoms with Crippen LogP contribution < -0.4 is 0 Å². The molecule has 5 fully saturated rings. The normalized spacial score (nSPS) is 47.2. The summed E-state index contributed by atoms with van der Waals surface area (Å²) in [4.78, 5) is 0. The van der Waals surface area contributed by atoms with E-state index in [0.29, 0.717) is 0 Å². The van der Waals surface area contributed by atoms with Gasteiger partial charge in [-0.15, -0.1) is 0 Å². The zero-order valence-corrected chi connectivity index (χ0v) is 18.2. The lowest BCUT2D eigenvalue weighted by Gasteiger charge is -2.60. The molecule has 0 N–H and O–H groups in total. The summed E-state index contributed by atoms with van der Waals surface area (Å²) in [5, 5.41) is 0. The summed E-state index contributed by atoms with van der Waals surface area (Å²) in [5.74, 6) is 10.1. The third-order valence-electron chi connectivity index (χ3n) is 10.5. The topological polar surface area (TPSA) is 0 Å². The van der Waals surface area contributed by atoms with E-state index < -0.39 is 0 Å². The van der Waals surface area contributed by atoms with Crippen LogP contribution in [-0.4, -0.2) is 0 Å². The predicted octanol–water partition coefficient (Wildman–Crippen LogP) is 8.25. The summed E-state index contributed by atoms with van der Waals surface area (Å²) >= 11 is 0. The van der Waals surface area contributed by atoms with Crippen molar-refractivity contribution in [1.82, 2.24) is 0 Å². The Hall–Kier alpha value is 0. The molecule has 0 heteroatoms. The molecule has 154 valence electrons. The van der Waals surface area contributed by atoms with E-state index in [0.717, 1.165) is 53.3 Å². The lowest BCUT2D eigenvalue weighted by atomic mass is 9.44. The van der Waals surface area contributed by atoms with Gasteiger partial charge in [0.15, 0.2) is 0 Å². The third-order valence-corrected chi connectivity index (χ3v) is 10.5. The summed E-state index contributed by atoms with van der Waals surface area (Å²) in [6.45, 7) is 2.59. The van der Waals surface area contributed by atoms with E-state index in [1.807, 2.05) is 0 Å². The molecule has 0 aliphatic heterocycles. The van der Waals surface area contributed by atoms with E-state index in [-0.39, 0.29) is 0 Å². The van der Waals surface area contributed by atoms with Gasteiger partial charge in [-0.25, -0.2) is 0 Å². The third kappa shape index (κ3) is 3.66. The Bertz CT molecular complexity index is 468. The van der Waals surface area contributed by atoms with Crippen molar-refractivity contribution in [3.8, 4) is 0 Å². The molecule has 5 aliphatic carbocycles. The van der Waals surface area contributed by atoms with Gasteiger partial charge in [0, 0.05) is 0 Å². The van der Waals surface area contributed by atoms with E-state index in [1.54, 1.807) is 96.3 Å². The fourth-order valence-electron chi connectivity index (χ4n) is 9.58. The van der Waals surface area contributed by atoms with Crippen molar-refractivity contribution in [2.75, 3.05) is 0 Å². The molecule has 5 rings (SSSR count). The van der Waals surface area contributed by atoms with Crippen LogP contribution in [0.2, 0.25) is 0 Å². The smallest absolute Gasteiger partial charge is 0.0323 e. The van der Waals surface area contributed by atoms with Crippen LogP contribution in [0.3, 0.4) is 0 Å². The lowest BCUT2D eigenvalue weighted by molar-refractivity contribution is -0.118. The highest BCUT2D eigenvalue weighted by molar-refractivity contribution is 5.03. The fraction of sp³-hybridized carbons (Fsp3) is 1.00. The van der Waals surface area contributed by atoms with Gasteiger partial charge in [0.2, 0.25) is 0 Å². The van der Waals surface area contributed by atoms with Gasteiger partial charge < -0.3 is 0 Å². The van der Waals surface area contributed by atoms with Crippen LogP contribution in [0.15, 0.2) is 0 Å². The first-order chi connectivity index (χ1) is 13.3. The molecule has 5 saturated carbocycles. The Kier molecular flexibility index (Phi) is 5.90. The summed E-state index contributed by atoms with van der Waals surface area (Å²) in [5.41, 5.74) is 0. The van der Waals surface area contributed by atoms with Gasteiger partial charge in [-0.05, 0) is 78.9 Å². The van der Waals surface area contributed by atoms with Gasteiger partial charge >= 0.3 is 0 Å². The molecule has 0 amide bonds. The first kappa shape index (κ1) is 19.0. The van der Waals surface area contributed by atoms with Gasteiger partial charge in [0.05, 0.1) is 0 Å². The quantitative estimate of drug-likeness (QED) is 0.459. The van der Waals surface area contributed by atoms with Crippen LogP contribution in [0.1, 0.15) is 116 Å². The molecule has 27 heavy (non-hydrogen) atoms. The zero-order chi connectivity index (χ0) is 18.2. The molecule has 0 aromatic rings. The van der Waals surface area contributed by atoms with Crippen LogP contribution in [0.4, 0.5) is 0 Å². The largest absolute Gasteiger partial charge is 0.0625 e. The van der Waals surface area contributed by atoms with Crippen molar-refractivity contribution in [2.45, 2.75) is 116 Å². The van der Waals surface area contributed by atoms with E-state index >= 15 is 0 Å². The van der Waals surface area contributed by atoms with Crippen molar-refractivity contribution in [1.29, 1.82) is 0 Å². The highest BCUT2D eigenvalue weighted by Gasteiger charge is 2.55. The summed E-state index contributed by atoms with van der Waals surface area (Å²) < 4.78 is 0. The first-order valence-electron chi connectivity index (χ1n) is 13.3. The van der Waals surface area contributed by atoms with Gasteiger partial charge in [-0.3, -0.25) is 0 Å². The second-order valence-electron chi connectivity index (χ2n) is 11.8. The molecule has 0 bridgehead atoms. The van der Waals surface area contributed by atoms with Crippen molar-refractivity contribution in [3.63, 3.8) is 0 Å². The minimum absolute atomic E-state index is 1.02. The molecule has 0 spiro atoms. The standard InChI is InChI=1S/C27H46/c1-19-16-17-24-25(18-19)27(21-12-6-3-7-13-21)23-15-9-8-14-22(23)26(24)20-10-4-2-5-11-20/h19-27H,2-18H2,1H3. The molecule has 0 saturated heterocycles. The molecule has 0 heterocycles. The van der Waals surface area contributed by atoms with E-state index in [4.69, 9.17) is 0 Å². The average Bonchev–Trinajstić information content (AvgIpc) is 2.73. The summed E-state index contributed by atoms with van der Waals surface area (Å²) in [7, 11) is 0. The highest BCUT2D eigenvalue weighted by Crippen LogP contribution is 2.62. The van der Waals surface area contributed by atoms with Gasteiger partial charge in [0.1, 0.15) is 0 Å². The van der Waals surface area contributed by atoms with Crippen LogP contribution in [0, 0.1) is 53.3 Å². The van der Waals surface area contributed by atoms with E-state index in [9.17, 15) is 0 Å². The van der Waals surface area contributed by atoms with Gasteiger partial charge in [-0.2, -0.15) is 0 Å². The number of fused-ring (bicyclic) bond motifs is 2. The monoisotopic (exact) mass is 370 g/mol. The number of hydrogen-bond donors (Lipinski definition) is 0. The van der Waals surface area contributed by atoms with Crippen LogP contribution in [0.25, 0.3) is 0 Å². The second-order valence-corrected chi connectivity index (χ2v) is 11.8. The SMILES string of the molecule is CC1CCC2C(C1)C(C1CCCCC1)C1CCCCC1C2C1CCCCC1. The maximum absolute atomic E-state index is 2.59. The average molecular weight is 371 g/mol. The van der Waals surface area contributed by atoms with Crippen molar-refractivity contribution >= 4 is 0 Å². The van der Waals surface area contributed by atoms with Crippen molar-refractivity contribution < 1.29 is 0 Å². The minimum atomic E-state index is 1.02. The molecule has 0 aromatic carbocycles. The van der Waals surface area contributed by atoms with Crippen molar-refractivity contribution in [3.05, 3.63) is 0 Å². The van der Waals surface area contributed by atoms with Gasteiger partial charge in [-0.1, -0.05) is 90.4 Å². The summed E-state index contributed by atoms with van der Waals surface area (Å²) in [6.07, 6.45) is 26.8. The Morgan fingerprint density at radius 2 is 0.852 bits per heavy atom. The lowest BCUT2D eigenvalue weighted by Crippen LogP contribution is -2.54. The van der Waals surface area contributed by atoms with E-state index in [2.05, 4.69) is 6.92 Å². The molecule has 0 nitrogen and oxygen atoms in total. The number of hydrogen-bond acceptors (Lipinski definition) is 0. The summed E-state index contributed by atoms with van der Waals surface area (Å²) in [6, 6.07) is 0. The van der Waals surface area contributed by atoms with Crippen LogP contribution in [-0.2, 0) is 0 Å². The Morgan fingerprint density at radius 3 is 1.41 bits per heavy atom. The molecular weight excluding hydrogens is 324 g/mol. The molecule has 7 atom stereocenters. The second kappa shape index (κ2) is 8.39. The Labute approximate surface area is 169 Å². The molecule has 7 unspecified atom stereocenters. The van der Waals surface area contributed by atoms with Crippen molar-refractivity contribution in [2.24, 2.45) is 53.3 Å². The van der Waals surface area contributed by atoms with E-state index in [1.165, 1.54) is 12.8 Å².